The molecule has 1 saturated heterocycles. The van der Waals surface area contributed by atoms with Crippen LogP contribution < -0.4 is 14.8 Å². The summed E-state index contributed by atoms with van der Waals surface area (Å²) in [5.74, 6) is 1.50. The number of benzene rings is 2. The lowest BCUT2D eigenvalue weighted by Gasteiger charge is -2.28. The standard InChI is InChI=1S/C20H24N2O2S2/c1-23-18-10-9-14(12-19(18)24-2)17-8-5-11-22(17)20(25)21-15-6-4-7-16(13-15)26-3/h4,6-7,9-10,12-13,17H,5,8,11H2,1-3H3,(H,21,25). The molecule has 1 unspecified atom stereocenters. The lowest BCUT2D eigenvalue weighted by Crippen LogP contribution is -2.34. The number of nitrogens with zero attached hydrogens (tertiary/aromatic N) is 1. The van der Waals surface area contributed by atoms with E-state index in [0.717, 1.165) is 41.7 Å². The maximum Gasteiger partial charge on any atom is 0.173 e. The lowest BCUT2D eigenvalue weighted by atomic mass is 10.0. The number of methoxy groups -OCH3 is 2. The van der Waals surface area contributed by atoms with Crippen LogP contribution in [0.2, 0.25) is 0 Å². The molecule has 4 nitrogen and oxygen atoms in total. The Morgan fingerprint density at radius 1 is 1.15 bits per heavy atom. The number of thiocarbonyl (C=S) groups is 1. The first-order valence-electron chi connectivity index (χ1n) is 8.60. The Kier molecular flexibility index (Phi) is 6.27. The molecule has 1 atom stereocenters. The van der Waals surface area contributed by atoms with Gasteiger partial charge in [-0.25, -0.2) is 0 Å². The van der Waals surface area contributed by atoms with Gasteiger partial charge in [0.15, 0.2) is 16.6 Å². The van der Waals surface area contributed by atoms with Crippen LogP contribution in [0, 0.1) is 0 Å². The fourth-order valence-corrected chi connectivity index (χ4v) is 4.11. The third kappa shape index (κ3) is 4.07. The van der Waals surface area contributed by atoms with E-state index in [-0.39, 0.29) is 6.04 Å². The van der Waals surface area contributed by atoms with Gasteiger partial charge in [0, 0.05) is 17.1 Å². The first kappa shape index (κ1) is 18.9. The summed E-state index contributed by atoms with van der Waals surface area (Å²) in [4.78, 5) is 3.48. The van der Waals surface area contributed by atoms with Gasteiger partial charge in [0.2, 0.25) is 0 Å². The van der Waals surface area contributed by atoms with E-state index < -0.39 is 0 Å². The topological polar surface area (TPSA) is 33.7 Å². The molecule has 2 aromatic rings. The molecule has 138 valence electrons. The van der Waals surface area contributed by atoms with Gasteiger partial charge in [0.1, 0.15) is 0 Å². The molecule has 26 heavy (non-hydrogen) atoms. The smallest absolute Gasteiger partial charge is 0.173 e. The zero-order chi connectivity index (χ0) is 18.5. The number of anilines is 1. The Balaban J connectivity index is 1.78. The number of thioether (sulfide) groups is 1. The molecule has 0 bridgehead atoms. The molecule has 0 aliphatic carbocycles. The molecule has 6 heteroatoms. The van der Waals surface area contributed by atoms with Gasteiger partial charge >= 0.3 is 0 Å². The third-order valence-electron chi connectivity index (χ3n) is 4.63. The number of likely N-dealkylation sites (tertiary alicyclic amines) is 1. The number of rotatable bonds is 5. The van der Waals surface area contributed by atoms with E-state index in [2.05, 4.69) is 40.7 Å². The lowest BCUT2D eigenvalue weighted by molar-refractivity contribution is 0.351. The average Bonchev–Trinajstić information content (AvgIpc) is 3.17. The van der Waals surface area contributed by atoms with Gasteiger partial charge in [0.05, 0.1) is 20.3 Å². The maximum atomic E-state index is 5.71. The van der Waals surface area contributed by atoms with Gasteiger partial charge in [-0.3, -0.25) is 0 Å². The van der Waals surface area contributed by atoms with Crippen LogP contribution in [-0.4, -0.2) is 37.0 Å². The van der Waals surface area contributed by atoms with Crippen LogP contribution >= 0.6 is 24.0 Å². The van der Waals surface area contributed by atoms with Gasteiger partial charge in [-0.1, -0.05) is 12.1 Å². The zero-order valence-corrected chi connectivity index (χ0v) is 17.0. The van der Waals surface area contributed by atoms with Crippen molar-refractivity contribution in [1.82, 2.24) is 4.90 Å². The molecule has 3 rings (SSSR count). The van der Waals surface area contributed by atoms with Gasteiger partial charge < -0.3 is 19.7 Å². The second-order valence-corrected chi connectivity index (χ2v) is 7.39. The molecular formula is C20H24N2O2S2. The minimum absolute atomic E-state index is 0.249. The van der Waals surface area contributed by atoms with Gasteiger partial charge in [-0.15, -0.1) is 11.8 Å². The Morgan fingerprint density at radius 2 is 1.96 bits per heavy atom. The second-order valence-electron chi connectivity index (χ2n) is 6.13. The minimum Gasteiger partial charge on any atom is -0.493 e. The van der Waals surface area contributed by atoms with Gasteiger partial charge in [0.25, 0.3) is 0 Å². The van der Waals surface area contributed by atoms with Crippen molar-refractivity contribution < 1.29 is 9.47 Å². The Morgan fingerprint density at radius 3 is 2.69 bits per heavy atom. The summed E-state index contributed by atoms with van der Waals surface area (Å²) < 4.78 is 10.8. The summed E-state index contributed by atoms with van der Waals surface area (Å²) in [6.45, 7) is 0.951. The fraction of sp³-hybridized carbons (Fsp3) is 0.350. The molecule has 1 N–H and O–H groups in total. The van der Waals surface area contributed by atoms with Crippen molar-refractivity contribution in [3.05, 3.63) is 48.0 Å². The summed E-state index contributed by atoms with van der Waals surface area (Å²) in [5, 5.41) is 4.16. The van der Waals surface area contributed by atoms with E-state index in [1.165, 1.54) is 10.5 Å². The highest BCUT2D eigenvalue weighted by Gasteiger charge is 2.28. The Labute approximate surface area is 164 Å². The van der Waals surface area contributed by atoms with Gasteiger partial charge in [-0.05, 0) is 67.2 Å². The molecule has 1 aliphatic heterocycles. The molecule has 0 saturated carbocycles. The molecule has 0 spiro atoms. The van der Waals surface area contributed by atoms with Crippen molar-refractivity contribution in [2.24, 2.45) is 0 Å². The van der Waals surface area contributed by atoms with Crippen LogP contribution in [0.15, 0.2) is 47.4 Å². The normalized spacial score (nSPS) is 16.4. The summed E-state index contributed by atoms with van der Waals surface area (Å²) in [5.41, 5.74) is 2.22. The monoisotopic (exact) mass is 388 g/mol. The quantitative estimate of drug-likeness (QED) is 0.576. The summed E-state index contributed by atoms with van der Waals surface area (Å²) in [7, 11) is 3.32. The van der Waals surface area contributed by atoms with Crippen molar-refractivity contribution >= 4 is 34.8 Å². The first-order valence-corrected chi connectivity index (χ1v) is 10.2. The number of hydrogen-bond donors (Lipinski definition) is 1. The van der Waals surface area contributed by atoms with Crippen molar-refractivity contribution in [2.45, 2.75) is 23.8 Å². The van der Waals surface area contributed by atoms with Crippen LogP contribution in [0.4, 0.5) is 5.69 Å². The molecule has 0 radical (unpaired) electrons. The zero-order valence-electron chi connectivity index (χ0n) is 15.3. The summed E-state index contributed by atoms with van der Waals surface area (Å²) >= 11 is 7.44. The summed E-state index contributed by atoms with van der Waals surface area (Å²) in [6.07, 6.45) is 4.26. The van der Waals surface area contributed by atoms with Crippen LogP contribution in [0.25, 0.3) is 0 Å². The predicted molar refractivity (Wildman–Crippen MR) is 113 cm³/mol. The molecular weight excluding hydrogens is 364 g/mol. The van der Waals surface area contributed by atoms with E-state index in [4.69, 9.17) is 21.7 Å². The van der Waals surface area contributed by atoms with Crippen LogP contribution in [0.3, 0.4) is 0 Å². The third-order valence-corrected chi connectivity index (χ3v) is 5.69. The molecule has 1 fully saturated rings. The molecule has 2 aromatic carbocycles. The largest absolute Gasteiger partial charge is 0.493 e. The van der Waals surface area contributed by atoms with Crippen LogP contribution in [-0.2, 0) is 0 Å². The van der Waals surface area contributed by atoms with E-state index in [9.17, 15) is 0 Å². The fourth-order valence-electron chi connectivity index (χ4n) is 3.31. The van der Waals surface area contributed by atoms with Gasteiger partial charge in [-0.2, -0.15) is 0 Å². The number of hydrogen-bond acceptors (Lipinski definition) is 4. The molecule has 0 amide bonds. The van der Waals surface area contributed by atoms with Crippen LogP contribution in [0.5, 0.6) is 11.5 Å². The van der Waals surface area contributed by atoms with Crippen molar-refractivity contribution in [3.63, 3.8) is 0 Å². The maximum absolute atomic E-state index is 5.71. The van der Waals surface area contributed by atoms with Crippen molar-refractivity contribution in [3.8, 4) is 11.5 Å². The number of ether oxygens (including phenoxy) is 2. The second kappa shape index (κ2) is 8.64. The van der Waals surface area contributed by atoms with Crippen molar-refractivity contribution in [1.29, 1.82) is 0 Å². The first-order chi connectivity index (χ1) is 12.7. The predicted octanol–water partition coefficient (Wildman–Crippen LogP) is 4.96. The van der Waals surface area contributed by atoms with E-state index in [0.29, 0.717) is 0 Å². The van der Waals surface area contributed by atoms with E-state index >= 15 is 0 Å². The van der Waals surface area contributed by atoms with E-state index in [1.54, 1.807) is 26.0 Å². The minimum atomic E-state index is 0.249. The molecule has 0 aromatic heterocycles. The summed E-state index contributed by atoms with van der Waals surface area (Å²) in [6, 6.07) is 14.7. The highest BCUT2D eigenvalue weighted by Crippen LogP contribution is 2.37. The van der Waals surface area contributed by atoms with E-state index in [1.807, 2.05) is 18.2 Å². The molecule has 1 heterocycles. The SMILES string of the molecule is COc1ccc(C2CCCN2C(=S)Nc2cccc(SC)c2)cc1OC. The molecule has 1 aliphatic rings. The highest BCUT2D eigenvalue weighted by atomic mass is 32.2. The van der Waals surface area contributed by atoms with Crippen molar-refractivity contribution in [2.75, 3.05) is 32.3 Å². The Hall–Kier alpha value is -1.92. The average molecular weight is 389 g/mol. The number of nitrogens with one attached hydrogen (secondary N) is 1. The highest BCUT2D eigenvalue weighted by molar-refractivity contribution is 7.98. The van der Waals surface area contributed by atoms with Crippen LogP contribution in [0.1, 0.15) is 24.4 Å². The Bertz CT molecular complexity index is 782.